The van der Waals surface area contributed by atoms with E-state index in [4.69, 9.17) is 0 Å². The van der Waals surface area contributed by atoms with Crippen molar-refractivity contribution in [3.63, 3.8) is 0 Å². The van der Waals surface area contributed by atoms with Crippen LogP contribution in [0.5, 0.6) is 0 Å². The number of hydrogen-bond donors (Lipinski definition) is 1. The van der Waals surface area contributed by atoms with Crippen molar-refractivity contribution in [1.82, 2.24) is 5.32 Å². The fraction of sp³-hybridized carbons (Fsp3) is 0.350. The molecule has 1 atom stereocenters. The van der Waals surface area contributed by atoms with Crippen LogP contribution >= 0.6 is 11.8 Å². The van der Waals surface area contributed by atoms with Crippen LogP contribution < -0.4 is 9.62 Å². The van der Waals surface area contributed by atoms with Gasteiger partial charge in [0.2, 0.25) is 15.9 Å². The molecule has 0 fully saturated rings. The van der Waals surface area contributed by atoms with Gasteiger partial charge in [-0.25, -0.2) is 8.42 Å². The Morgan fingerprint density at radius 2 is 1.74 bits per heavy atom. The number of rotatable bonds is 9. The van der Waals surface area contributed by atoms with E-state index in [0.29, 0.717) is 18.7 Å². The van der Waals surface area contributed by atoms with E-state index >= 15 is 0 Å². The van der Waals surface area contributed by atoms with Crippen LogP contribution in [0.3, 0.4) is 0 Å². The molecule has 27 heavy (non-hydrogen) atoms. The maximum absolute atomic E-state index is 12.7. The molecular formula is C20H26N2O3S2. The molecule has 0 saturated carbocycles. The molecule has 2 aromatic carbocycles. The van der Waals surface area contributed by atoms with Gasteiger partial charge in [-0.1, -0.05) is 42.8 Å². The summed E-state index contributed by atoms with van der Waals surface area (Å²) in [6.45, 7) is 4.22. The van der Waals surface area contributed by atoms with Crippen LogP contribution in [0.2, 0.25) is 0 Å². The minimum atomic E-state index is -3.59. The predicted molar refractivity (Wildman–Crippen MR) is 113 cm³/mol. The first-order valence-corrected chi connectivity index (χ1v) is 11.7. The third-order valence-electron chi connectivity index (χ3n) is 4.03. The second-order valence-electron chi connectivity index (χ2n) is 6.27. The third kappa shape index (κ3) is 6.29. The summed E-state index contributed by atoms with van der Waals surface area (Å²) >= 11 is 1.65. The van der Waals surface area contributed by atoms with Gasteiger partial charge in [-0.3, -0.25) is 9.10 Å². The average Bonchev–Trinajstić information content (AvgIpc) is 2.64. The molecule has 0 bridgehead atoms. The lowest BCUT2D eigenvalue weighted by atomic mass is 10.1. The lowest BCUT2D eigenvalue weighted by Gasteiger charge is -2.30. The normalized spacial score (nSPS) is 12.4. The summed E-state index contributed by atoms with van der Waals surface area (Å²) in [7, 11) is -3.59. The van der Waals surface area contributed by atoms with Crippen LogP contribution in [-0.2, 0) is 14.8 Å². The SMILES string of the molecule is CCC(C(=O)NCCSc1ccccc1)N(c1ccc(C)cc1)S(C)(=O)=O. The van der Waals surface area contributed by atoms with Gasteiger partial charge in [0.1, 0.15) is 6.04 Å². The van der Waals surface area contributed by atoms with Gasteiger partial charge in [0.25, 0.3) is 0 Å². The van der Waals surface area contributed by atoms with Gasteiger partial charge in [-0.15, -0.1) is 11.8 Å². The highest BCUT2D eigenvalue weighted by Crippen LogP contribution is 2.23. The van der Waals surface area contributed by atoms with E-state index in [2.05, 4.69) is 5.32 Å². The van der Waals surface area contributed by atoms with Crippen molar-refractivity contribution >= 4 is 33.4 Å². The zero-order valence-corrected chi connectivity index (χ0v) is 17.5. The topological polar surface area (TPSA) is 66.5 Å². The number of carbonyl (C=O) groups is 1. The van der Waals surface area contributed by atoms with Crippen molar-refractivity contribution < 1.29 is 13.2 Å². The number of aryl methyl sites for hydroxylation is 1. The molecule has 2 aromatic rings. The second kappa shape index (κ2) is 9.80. The van der Waals surface area contributed by atoms with Crippen molar-refractivity contribution in [2.24, 2.45) is 0 Å². The summed E-state index contributed by atoms with van der Waals surface area (Å²) in [6, 6.07) is 16.3. The molecule has 0 aliphatic rings. The Morgan fingerprint density at radius 3 is 2.30 bits per heavy atom. The minimum absolute atomic E-state index is 0.280. The maximum Gasteiger partial charge on any atom is 0.243 e. The van der Waals surface area contributed by atoms with E-state index < -0.39 is 16.1 Å². The summed E-state index contributed by atoms with van der Waals surface area (Å²) < 4.78 is 26.0. The van der Waals surface area contributed by atoms with Gasteiger partial charge in [-0.2, -0.15) is 0 Å². The van der Waals surface area contributed by atoms with Gasteiger partial charge in [-0.05, 0) is 37.6 Å². The van der Waals surface area contributed by atoms with Crippen LogP contribution in [0.15, 0.2) is 59.5 Å². The van der Waals surface area contributed by atoms with Crippen molar-refractivity contribution in [2.75, 3.05) is 22.9 Å². The summed E-state index contributed by atoms with van der Waals surface area (Å²) in [4.78, 5) is 13.8. The second-order valence-corrected chi connectivity index (χ2v) is 9.30. The number of anilines is 1. The third-order valence-corrected chi connectivity index (χ3v) is 6.23. The number of nitrogens with one attached hydrogen (secondary N) is 1. The monoisotopic (exact) mass is 406 g/mol. The number of carbonyl (C=O) groups excluding carboxylic acids is 1. The molecule has 146 valence electrons. The summed E-state index contributed by atoms with van der Waals surface area (Å²) in [5, 5.41) is 2.87. The molecule has 2 rings (SSSR count). The first-order chi connectivity index (χ1) is 12.8. The molecule has 0 heterocycles. The molecule has 0 aliphatic carbocycles. The molecule has 5 nitrogen and oxygen atoms in total. The first-order valence-electron chi connectivity index (χ1n) is 8.84. The van der Waals surface area contributed by atoms with Crippen LogP contribution in [0.25, 0.3) is 0 Å². The van der Waals surface area contributed by atoms with Crippen molar-refractivity contribution in [2.45, 2.75) is 31.2 Å². The van der Waals surface area contributed by atoms with E-state index in [1.54, 1.807) is 23.9 Å². The highest BCUT2D eigenvalue weighted by molar-refractivity contribution is 7.99. The molecular weight excluding hydrogens is 380 g/mol. The lowest BCUT2D eigenvalue weighted by molar-refractivity contribution is -0.122. The van der Waals surface area contributed by atoms with E-state index in [0.717, 1.165) is 22.5 Å². The molecule has 0 aliphatic heterocycles. The minimum Gasteiger partial charge on any atom is -0.353 e. The number of amides is 1. The quantitative estimate of drug-likeness (QED) is 0.512. The van der Waals surface area contributed by atoms with Gasteiger partial charge in [0.05, 0.1) is 11.9 Å². The van der Waals surface area contributed by atoms with Gasteiger partial charge >= 0.3 is 0 Å². The number of benzene rings is 2. The molecule has 1 unspecified atom stereocenters. The summed E-state index contributed by atoms with van der Waals surface area (Å²) in [5.41, 5.74) is 1.53. The Kier molecular flexibility index (Phi) is 7.74. The Balaban J connectivity index is 2.04. The Morgan fingerprint density at radius 1 is 1.11 bits per heavy atom. The Labute approximate surface area is 166 Å². The number of nitrogens with zero attached hydrogens (tertiary/aromatic N) is 1. The zero-order valence-electron chi connectivity index (χ0n) is 15.9. The number of hydrogen-bond acceptors (Lipinski definition) is 4. The maximum atomic E-state index is 12.7. The highest BCUT2D eigenvalue weighted by atomic mass is 32.2. The predicted octanol–water partition coefficient (Wildman–Crippen LogP) is 3.45. The van der Waals surface area contributed by atoms with Crippen molar-refractivity contribution in [3.8, 4) is 0 Å². The first kappa shape index (κ1) is 21.3. The average molecular weight is 407 g/mol. The fourth-order valence-corrected chi connectivity index (χ4v) is 4.73. The van der Waals surface area contributed by atoms with Gasteiger partial charge in [0, 0.05) is 17.2 Å². The van der Waals surface area contributed by atoms with Gasteiger partial charge < -0.3 is 5.32 Å². The van der Waals surface area contributed by atoms with E-state index in [1.165, 1.54) is 4.31 Å². The van der Waals surface area contributed by atoms with Gasteiger partial charge in [0.15, 0.2) is 0 Å². The lowest BCUT2D eigenvalue weighted by Crippen LogP contribution is -2.49. The highest BCUT2D eigenvalue weighted by Gasteiger charge is 2.31. The summed E-state index contributed by atoms with van der Waals surface area (Å²) in [6.07, 6.45) is 1.52. The zero-order chi connectivity index (χ0) is 19.9. The van der Waals surface area contributed by atoms with Crippen LogP contribution in [0, 0.1) is 6.92 Å². The molecule has 0 aromatic heterocycles. The standard InChI is InChI=1S/C20H26N2O3S2/c1-4-19(20(23)21-14-15-26-18-8-6-5-7-9-18)22(27(3,24)25)17-12-10-16(2)11-13-17/h5-13,19H,4,14-15H2,1-3H3,(H,21,23). The van der Waals surface area contributed by atoms with Crippen LogP contribution in [0.4, 0.5) is 5.69 Å². The van der Waals surface area contributed by atoms with E-state index in [-0.39, 0.29) is 5.91 Å². The molecule has 1 N–H and O–H groups in total. The molecule has 1 amide bonds. The summed E-state index contributed by atoms with van der Waals surface area (Å²) in [5.74, 6) is 0.437. The molecule has 7 heteroatoms. The van der Waals surface area contributed by atoms with Crippen molar-refractivity contribution in [1.29, 1.82) is 0 Å². The molecule has 0 radical (unpaired) electrons. The number of sulfonamides is 1. The fourth-order valence-electron chi connectivity index (χ4n) is 2.73. The number of thioether (sulfide) groups is 1. The molecule has 0 spiro atoms. The van der Waals surface area contributed by atoms with Crippen molar-refractivity contribution in [3.05, 3.63) is 60.2 Å². The smallest absolute Gasteiger partial charge is 0.243 e. The van der Waals surface area contributed by atoms with Crippen LogP contribution in [0.1, 0.15) is 18.9 Å². The Bertz CT molecular complexity index is 837. The van der Waals surface area contributed by atoms with Crippen LogP contribution in [-0.4, -0.2) is 38.9 Å². The Hall–Kier alpha value is -1.99. The van der Waals surface area contributed by atoms with E-state index in [9.17, 15) is 13.2 Å². The van der Waals surface area contributed by atoms with E-state index in [1.807, 2.05) is 56.3 Å². The molecule has 0 saturated heterocycles. The largest absolute Gasteiger partial charge is 0.353 e.